The van der Waals surface area contributed by atoms with E-state index in [0.717, 1.165) is 18.8 Å². The zero-order valence-corrected chi connectivity index (χ0v) is 7.45. The second-order valence-electron chi connectivity index (χ2n) is 4.42. The van der Waals surface area contributed by atoms with E-state index in [1.165, 1.54) is 19.3 Å². The van der Waals surface area contributed by atoms with Crippen molar-refractivity contribution in [2.45, 2.75) is 38.2 Å². The smallest absolute Gasteiger partial charge is 0.0573 e. The lowest BCUT2D eigenvalue weighted by atomic mass is 9.62. The highest BCUT2D eigenvalue weighted by atomic mass is 16.3. The van der Waals surface area contributed by atoms with E-state index in [0.29, 0.717) is 18.4 Å². The standard InChI is InChI=1S/C10H18O2/c11-4-3-8-5-7-1-2-9(8)10(12)6-7/h7-12H,1-6H2/t7-,8-,9+,10+/m1/s1. The molecule has 0 aromatic carbocycles. The molecule has 0 unspecified atom stereocenters. The van der Waals surface area contributed by atoms with Gasteiger partial charge in [0, 0.05) is 6.61 Å². The Hall–Kier alpha value is -0.0800. The van der Waals surface area contributed by atoms with Crippen molar-refractivity contribution in [2.75, 3.05) is 6.61 Å². The first-order valence-corrected chi connectivity index (χ1v) is 5.10. The lowest BCUT2D eigenvalue weighted by molar-refractivity contribution is -0.0426. The van der Waals surface area contributed by atoms with Gasteiger partial charge < -0.3 is 10.2 Å². The van der Waals surface area contributed by atoms with Crippen molar-refractivity contribution in [1.82, 2.24) is 0 Å². The van der Waals surface area contributed by atoms with Crippen LogP contribution in [-0.4, -0.2) is 22.9 Å². The van der Waals surface area contributed by atoms with Gasteiger partial charge in [0.2, 0.25) is 0 Å². The third-order valence-electron chi connectivity index (χ3n) is 3.72. The molecule has 2 nitrogen and oxygen atoms in total. The molecule has 0 aromatic rings. The Morgan fingerprint density at radius 1 is 1.17 bits per heavy atom. The van der Waals surface area contributed by atoms with Crippen molar-refractivity contribution >= 4 is 0 Å². The van der Waals surface area contributed by atoms with Gasteiger partial charge in [-0.15, -0.1) is 0 Å². The summed E-state index contributed by atoms with van der Waals surface area (Å²) in [6.07, 6.45) is 5.61. The first-order valence-electron chi connectivity index (χ1n) is 5.10. The Bertz CT molecular complexity index is 158. The quantitative estimate of drug-likeness (QED) is 0.653. The second kappa shape index (κ2) is 3.35. The molecule has 0 aliphatic heterocycles. The lowest BCUT2D eigenvalue weighted by Crippen LogP contribution is -2.41. The molecule has 3 aliphatic rings. The van der Waals surface area contributed by atoms with Crippen LogP contribution in [0.1, 0.15) is 32.1 Å². The van der Waals surface area contributed by atoms with Gasteiger partial charge >= 0.3 is 0 Å². The monoisotopic (exact) mass is 170 g/mol. The van der Waals surface area contributed by atoms with Crippen molar-refractivity contribution in [3.8, 4) is 0 Å². The Kier molecular flexibility index (Phi) is 2.37. The molecule has 2 N–H and O–H groups in total. The van der Waals surface area contributed by atoms with Gasteiger partial charge in [-0.1, -0.05) is 0 Å². The predicted molar refractivity (Wildman–Crippen MR) is 46.6 cm³/mol. The zero-order chi connectivity index (χ0) is 8.55. The molecule has 70 valence electrons. The van der Waals surface area contributed by atoms with Gasteiger partial charge in [0.25, 0.3) is 0 Å². The maximum Gasteiger partial charge on any atom is 0.0573 e. The van der Waals surface area contributed by atoms with Crippen LogP contribution in [0.3, 0.4) is 0 Å². The number of hydrogen-bond donors (Lipinski definition) is 2. The first kappa shape index (κ1) is 8.52. The Morgan fingerprint density at radius 3 is 2.58 bits per heavy atom. The summed E-state index contributed by atoms with van der Waals surface area (Å²) >= 11 is 0. The van der Waals surface area contributed by atoms with Crippen LogP contribution in [-0.2, 0) is 0 Å². The van der Waals surface area contributed by atoms with E-state index in [9.17, 15) is 5.11 Å². The minimum atomic E-state index is -0.0611. The average Bonchev–Trinajstić information content (AvgIpc) is 2.05. The van der Waals surface area contributed by atoms with Gasteiger partial charge in [0.05, 0.1) is 6.10 Å². The maximum absolute atomic E-state index is 9.71. The number of fused-ring (bicyclic) bond motifs is 3. The molecule has 0 radical (unpaired) electrons. The van der Waals surface area contributed by atoms with E-state index in [2.05, 4.69) is 0 Å². The molecule has 0 aromatic heterocycles. The molecule has 0 amide bonds. The molecule has 12 heavy (non-hydrogen) atoms. The first-order chi connectivity index (χ1) is 5.81. The molecule has 3 saturated carbocycles. The van der Waals surface area contributed by atoms with Gasteiger partial charge in [-0.25, -0.2) is 0 Å². The van der Waals surface area contributed by atoms with Gasteiger partial charge in [0.15, 0.2) is 0 Å². The average molecular weight is 170 g/mol. The normalized spacial score (nSPS) is 46.5. The summed E-state index contributed by atoms with van der Waals surface area (Å²) in [5, 5.41) is 18.6. The van der Waals surface area contributed by atoms with Crippen molar-refractivity contribution in [3.05, 3.63) is 0 Å². The molecule has 2 heteroatoms. The molecule has 0 heterocycles. The number of rotatable bonds is 2. The van der Waals surface area contributed by atoms with E-state index in [1.807, 2.05) is 0 Å². The van der Waals surface area contributed by atoms with Crippen molar-refractivity contribution in [1.29, 1.82) is 0 Å². The van der Waals surface area contributed by atoms with Crippen LogP contribution in [0.4, 0.5) is 0 Å². The molecule has 2 bridgehead atoms. The van der Waals surface area contributed by atoms with E-state index in [1.54, 1.807) is 0 Å². The summed E-state index contributed by atoms with van der Waals surface area (Å²) in [7, 11) is 0. The van der Waals surface area contributed by atoms with Crippen LogP contribution in [0.5, 0.6) is 0 Å². The van der Waals surface area contributed by atoms with Gasteiger partial charge in [0.1, 0.15) is 0 Å². The Labute approximate surface area is 73.6 Å². The van der Waals surface area contributed by atoms with Gasteiger partial charge in [-0.05, 0) is 49.9 Å². The van der Waals surface area contributed by atoms with Crippen LogP contribution >= 0.6 is 0 Å². The van der Waals surface area contributed by atoms with Crippen LogP contribution in [0.15, 0.2) is 0 Å². The summed E-state index contributed by atoms with van der Waals surface area (Å²) in [5.41, 5.74) is 0. The minimum absolute atomic E-state index is 0.0611. The molecule has 3 rings (SSSR count). The fourth-order valence-corrected chi connectivity index (χ4v) is 3.12. The van der Waals surface area contributed by atoms with Crippen molar-refractivity contribution in [2.24, 2.45) is 17.8 Å². The van der Waals surface area contributed by atoms with E-state index >= 15 is 0 Å². The summed E-state index contributed by atoms with van der Waals surface area (Å²) in [5.74, 6) is 1.86. The van der Waals surface area contributed by atoms with Crippen LogP contribution < -0.4 is 0 Å². The molecule has 3 fully saturated rings. The Morgan fingerprint density at radius 2 is 2.00 bits per heavy atom. The number of aliphatic hydroxyl groups is 2. The fourth-order valence-electron chi connectivity index (χ4n) is 3.12. The highest BCUT2D eigenvalue weighted by Crippen LogP contribution is 2.46. The molecular formula is C10H18O2. The molecular weight excluding hydrogens is 152 g/mol. The summed E-state index contributed by atoms with van der Waals surface area (Å²) in [6, 6.07) is 0. The Balaban J connectivity index is 1.99. The van der Waals surface area contributed by atoms with E-state index in [4.69, 9.17) is 5.11 Å². The SMILES string of the molecule is OCC[C@@H]1C[C@H]2CC[C@@H]1[C@@H](O)C2. The van der Waals surface area contributed by atoms with Crippen LogP contribution in [0, 0.1) is 17.8 Å². The second-order valence-corrected chi connectivity index (χ2v) is 4.42. The highest BCUT2D eigenvalue weighted by molar-refractivity contribution is 4.91. The minimum Gasteiger partial charge on any atom is -0.396 e. The van der Waals surface area contributed by atoms with Crippen molar-refractivity contribution < 1.29 is 10.2 Å². The van der Waals surface area contributed by atoms with Crippen LogP contribution in [0.2, 0.25) is 0 Å². The fraction of sp³-hybridized carbons (Fsp3) is 1.00. The maximum atomic E-state index is 9.71. The third-order valence-corrected chi connectivity index (χ3v) is 3.72. The predicted octanol–water partition coefficient (Wildman–Crippen LogP) is 1.17. The largest absolute Gasteiger partial charge is 0.396 e. The summed E-state index contributed by atoms with van der Waals surface area (Å²) in [4.78, 5) is 0. The molecule has 4 atom stereocenters. The highest BCUT2D eigenvalue weighted by Gasteiger charge is 2.40. The number of hydrogen-bond acceptors (Lipinski definition) is 2. The third kappa shape index (κ3) is 1.38. The lowest BCUT2D eigenvalue weighted by Gasteiger charge is -2.45. The van der Waals surface area contributed by atoms with Gasteiger partial charge in [-0.2, -0.15) is 0 Å². The topological polar surface area (TPSA) is 40.5 Å². The van der Waals surface area contributed by atoms with Crippen LogP contribution in [0.25, 0.3) is 0 Å². The van der Waals surface area contributed by atoms with E-state index in [-0.39, 0.29) is 6.10 Å². The number of aliphatic hydroxyl groups excluding tert-OH is 2. The van der Waals surface area contributed by atoms with Crippen molar-refractivity contribution in [3.63, 3.8) is 0 Å². The van der Waals surface area contributed by atoms with Gasteiger partial charge in [-0.3, -0.25) is 0 Å². The molecule has 0 spiro atoms. The molecule has 3 aliphatic carbocycles. The zero-order valence-electron chi connectivity index (χ0n) is 7.45. The summed E-state index contributed by atoms with van der Waals surface area (Å²) in [6.45, 7) is 0.292. The molecule has 0 saturated heterocycles. The van der Waals surface area contributed by atoms with E-state index < -0.39 is 0 Å². The summed E-state index contributed by atoms with van der Waals surface area (Å²) < 4.78 is 0.